The highest BCUT2D eigenvalue weighted by atomic mass is 16.2. The molecule has 2 rings (SSSR count). The van der Waals surface area contributed by atoms with Crippen molar-refractivity contribution in [1.29, 1.82) is 5.26 Å². The van der Waals surface area contributed by atoms with Crippen LogP contribution in [0.2, 0.25) is 0 Å². The normalized spacial score (nSPS) is 18.1. The molecule has 0 aromatic heterocycles. The molecule has 1 aromatic rings. The maximum Gasteiger partial charge on any atom is 0.253 e. The van der Waals surface area contributed by atoms with Gasteiger partial charge < -0.3 is 5.32 Å². The van der Waals surface area contributed by atoms with E-state index in [1.807, 2.05) is 26.8 Å². The number of benzene rings is 1. The monoisotopic (exact) mass is 313 g/mol. The van der Waals surface area contributed by atoms with Crippen LogP contribution in [0.25, 0.3) is 0 Å². The topological polar surface area (TPSA) is 99.1 Å². The molecule has 1 aromatic carbocycles. The third-order valence-corrected chi connectivity index (χ3v) is 3.80. The van der Waals surface area contributed by atoms with Crippen molar-refractivity contribution < 1.29 is 14.4 Å². The Morgan fingerprint density at radius 1 is 1.35 bits per heavy atom. The highest BCUT2D eigenvalue weighted by molar-refractivity contribution is 6.04. The molecule has 1 atom stereocenters. The van der Waals surface area contributed by atoms with E-state index in [0.29, 0.717) is 0 Å². The van der Waals surface area contributed by atoms with Gasteiger partial charge in [0, 0.05) is 6.42 Å². The van der Waals surface area contributed by atoms with Gasteiger partial charge in [0.05, 0.1) is 17.2 Å². The zero-order valence-electron chi connectivity index (χ0n) is 13.4. The molecule has 1 saturated heterocycles. The van der Waals surface area contributed by atoms with Crippen LogP contribution < -0.4 is 10.6 Å². The summed E-state index contributed by atoms with van der Waals surface area (Å²) >= 11 is 0. The zero-order chi connectivity index (χ0) is 17.2. The molecule has 1 unspecified atom stereocenters. The Kier molecular flexibility index (Phi) is 4.50. The summed E-state index contributed by atoms with van der Waals surface area (Å²) in [6.07, 6.45) is 0.448. The van der Waals surface area contributed by atoms with Gasteiger partial charge in [-0.2, -0.15) is 5.26 Å². The highest BCUT2D eigenvalue weighted by Gasteiger charge is 2.29. The lowest BCUT2D eigenvalue weighted by Crippen LogP contribution is -2.52. The molecule has 2 N–H and O–H groups in total. The van der Waals surface area contributed by atoms with Gasteiger partial charge >= 0.3 is 0 Å². The number of nitriles is 1. The third-order valence-electron chi connectivity index (χ3n) is 3.80. The summed E-state index contributed by atoms with van der Waals surface area (Å²) in [6.45, 7) is 6.06. The van der Waals surface area contributed by atoms with Crippen molar-refractivity contribution >= 4 is 17.7 Å². The molecular formula is C17H19N3O3. The second-order valence-electron chi connectivity index (χ2n) is 6.60. The summed E-state index contributed by atoms with van der Waals surface area (Å²) in [5.74, 6) is -1.34. The molecule has 1 fully saturated rings. The van der Waals surface area contributed by atoms with E-state index >= 15 is 0 Å². The molecule has 0 aliphatic carbocycles. The van der Waals surface area contributed by atoms with E-state index in [2.05, 4.69) is 10.6 Å². The number of rotatable bonds is 2. The van der Waals surface area contributed by atoms with Gasteiger partial charge in [0.2, 0.25) is 11.8 Å². The lowest BCUT2D eigenvalue weighted by molar-refractivity contribution is -0.134. The molecule has 0 radical (unpaired) electrons. The fourth-order valence-electron chi connectivity index (χ4n) is 2.37. The molecule has 1 heterocycles. The Morgan fingerprint density at radius 3 is 2.61 bits per heavy atom. The number of piperidine rings is 1. The van der Waals surface area contributed by atoms with Crippen LogP contribution in [0.5, 0.6) is 0 Å². The number of hydrogen-bond acceptors (Lipinski definition) is 4. The number of amides is 3. The van der Waals surface area contributed by atoms with Crippen molar-refractivity contribution in [1.82, 2.24) is 10.6 Å². The van der Waals surface area contributed by atoms with Crippen molar-refractivity contribution in [3.8, 4) is 6.07 Å². The van der Waals surface area contributed by atoms with Crippen LogP contribution in [0.3, 0.4) is 0 Å². The Labute approximate surface area is 134 Å². The van der Waals surface area contributed by atoms with Crippen molar-refractivity contribution in [2.24, 2.45) is 0 Å². The summed E-state index contributed by atoms with van der Waals surface area (Å²) < 4.78 is 0. The van der Waals surface area contributed by atoms with Gasteiger partial charge in [-0.15, -0.1) is 0 Å². The molecule has 0 bridgehead atoms. The molecule has 1 aliphatic rings. The largest absolute Gasteiger partial charge is 0.340 e. The van der Waals surface area contributed by atoms with Crippen LogP contribution in [0.1, 0.15) is 55.1 Å². The first-order valence-corrected chi connectivity index (χ1v) is 7.41. The number of carbonyl (C=O) groups is 3. The van der Waals surface area contributed by atoms with Gasteiger partial charge in [-0.05, 0) is 29.5 Å². The SMILES string of the molecule is CC(C)(C)c1ccc(C(=O)NC2CCC(=O)NC2=O)c(C#N)c1. The quantitative estimate of drug-likeness (QED) is 0.806. The molecule has 3 amide bonds. The fraction of sp³-hybridized carbons (Fsp3) is 0.412. The molecular weight excluding hydrogens is 294 g/mol. The highest BCUT2D eigenvalue weighted by Crippen LogP contribution is 2.24. The standard InChI is InChI=1S/C17H19N3O3/c1-17(2,3)11-4-5-12(10(8-11)9-18)15(22)19-13-6-7-14(21)20-16(13)23/h4-5,8,13H,6-7H2,1-3H3,(H,19,22)(H,20,21,23). The first-order chi connectivity index (χ1) is 10.7. The average Bonchev–Trinajstić information content (AvgIpc) is 2.48. The summed E-state index contributed by atoms with van der Waals surface area (Å²) in [4.78, 5) is 35.2. The second-order valence-corrected chi connectivity index (χ2v) is 6.60. The first-order valence-electron chi connectivity index (χ1n) is 7.41. The van der Waals surface area contributed by atoms with E-state index in [9.17, 15) is 19.6 Å². The van der Waals surface area contributed by atoms with Crippen LogP contribution >= 0.6 is 0 Å². The molecule has 23 heavy (non-hydrogen) atoms. The van der Waals surface area contributed by atoms with Crippen LogP contribution in [0.4, 0.5) is 0 Å². The molecule has 0 saturated carbocycles. The number of nitrogens with one attached hydrogen (secondary N) is 2. The van der Waals surface area contributed by atoms with Crippen molar-refractivity contribution in [2.45, 2.75) is 45.1 Å². The summed E-state index contributed by atoms with van der Waals surface area (Å²) in [6, 6.07) is 6.37. The van der Waals surface area contributed by atoms with E-state index in [-0.39, 0.29) is 35.3 Å². The van der Waals surface area contributed by atoms with Gasteiger partial charge in [-0.3, -0.25) is 19.7 Å². The number of carbonyl (C=O) groups excluding carboxylic acids is 3. The molecule has 0 spiro atoms. The van der Waals surface area contributed by atoms with Crippen molar-refractivity contribution in [2.75, 3.05) is 0 Å². The Hall–Kier alpha value is -2.68. The Balaban J connectivity index is 2.21. The van der Waals surface area contributed by atoms with Crippen LogP contribution in [-0.4, -0.2) is 23.8 Å². The fourth-order valence-corrected chi connectivity index (χ4v) is 2.37. The smallest absolute Gasteiger partial charge is 0.253 e. The van der Waals surface area contributed by atoms with E-state index in [1.54, 1.807) is 18.2 Å². The van der Waals surface area contributed by atoms with E-state index < -0.39 is 17.9 Å². The van der Waals surface area contributed by atoms with Crippen LogP contribution in [0, 0.1) is 11.3 Å². The summed E-state index contributed by atoms with van der Waals surface area (Å²) in [7, 11) is 0. The lowest BCUT2D eigenvalue weighted by Gasteiger charge is -2.23. The first kappa shape index (κ1) is 16.7. The van der Waals surface area contributed by atoms with E-state index in [1.165, 1.54) is 0 Å². The summed E-state index contributed by atoms with van der Waals surface area (Å²) in [5, 5.41) is 14.1. The number of nitrogens with zero attached hydrogens (tertiary/aromatic N) is 1. The van der Waals surface area contributed by atoms with E-state index in [0.717, 1.165) is 5.56 Å². The summed E-state index contributed by atoms with van der Waals surface area (Å²) in [5.41, 5.74) is 1.31. The zero-order valence-corrected chi connectivity index (χ0v) is 13.4. The minimum atomic E-state index is -0.756. The number of hydrogen-bond donors (Lipinski definition) is 2. The third kappa shape index (κ3) is 3.75. The molecule has 1 aliphatic heterocycles. The maximum absolute atomic E-state index is 12.4. The van der Waals surface area contributed by atoms with Crippen LogP contribution in [0.15, 0.2) is 18.2 Å². The Morgan fingerprint density at radius 2 is 2.04 bits per heavy atom. The van der Waals surface area contributed by atoms with Gasteiger partial charge in [-0.25, -0.2) is 0 Å². The van der Waals surface area contributed by atoms with Gasteiger partial charge in [0.1, 0.15) is 6.04 Å². The van der Waals surface area contributed by atoms with Gasteiger partial charge in [0.15, 0.2) is 0 Å². The Bertz CT molecular complexity index is 711. The number of imide groups is 1. The predicted octanol–water partition coefficient (Wildman–Crippen LogP) is 1.39. The minimum Gasteiger partial charge on any atom is -0.340 e. The molecule has 120 valence electrons. The minimum absolute atomic E-state index is 0.135. The predicted molar refractivity (Wildman–Crippen MR) is 83.5 cm³/mol. The van der Waals surface area contributed by atoms with Gasteiger partial charge in [-0.1, -0.05) is 26.8 Å². The average molecular weight is 313 g/mol. The van der Waals surface area contributed by atoms with Gasteiger partial charge in [0.25, 0.3) is 5.91 Å². The van der Waals surface area contributed by atoms with E-state index in [4.69, 9.17) is 0 Å². The maximum atomic E-state index is 12.4. The van der Waals surface area contributed by atoms with Crippen molar-refractivity contribution in [3.05, 3.63) is 34.9 Å². The lowest BCUT2D eigenvalue weighted by atomic mass is 9.85. The second kappa shape index (κ2) is 6.21. The molecule has 6 nitrogen and oxygen atoms in total. The van der Waals surface area contributed by atoms with Crippen LogP contribution in [-0.2, 0) is 15.0 Å². The van der Waals surface area contributed by atoms with Crippen molar-refractivity contribution in [3.63, 3.8) is 0 Å². The molecule has 6 heteroatoms.